The number of carbonyl (C=O) groups is 6. The zero-order chi connectivity index (χ0) is 31.5. The van der Waals surface area contributed by atoms with E-state index in [1.165, 1.54) is 6.92 Å². The quantitative estimate of drug-likeness (QED) is 0.0340. The smallest absolute Gasteiger partial charge is 0.326 e. The number of rotatable bonds is 21. The van der Waals surface area contributed by atoms with E-state index in [0.29, 0.717) is 19.4 Å². The van der Waals surface area contributed by atoms with Crippen LogP contribution in [-0.2, 0) is 28.8 Å². The average molecular weight is 589 g/mol. The van der Waals surface area contributed by atoms with Crippen LogP contribution in [0.4, 0.5) is 0 Å². The molecule has 18 nitrogen and oxygen atoms in total. The standard InChI is InChI=1S/C23H44N10O8/c1-12(34)18(26)21(39)32-13(6-4-10-29-23(27)28)19(37)30-11-17(36)31-14(7-8-16(25)35)20(38)33-15(22(40)41)5-2-3-9-24/h12-15,18,34H,2-11,24,26H2,1H3,(H2,25,35)(H,30,37)(H,31,36)(H,32,39)(H,33,38)(H,40,41)(H4,27,28,29)/t12-,13+,14+,15+,18+/m1/s1. The van der Waals surface area contributed by atoms with E-state index < -0.39 is 72.3 Å². The van der Waals surface area contributed by atoms with Gasteiger partial charge < -0.3 is 60.1 Å². The summed E-state index contributed by atoms with van der Waals surface area (Å²) >= 11 is 0. The molecule has 0 rings (SSSR count). The topological polar surface area (TPSA) is 333 Å². The van der Waals surface area contributed by atoms with Crippen molar-refractivity contribution in [3.8, 4) is 0 Å². The molecule has 0 aliphatic rings. The minimum Gasteiger partial charge on any atom is -0.480 e. The lowest BCUT2D eigenvalue weighted by Gasteiger charge is -2.23. The monoisotopic (exact) mass is 588 g/mol. The Hall–Kier alpha value is -4.03. The van der Waals surface area contributed by atoms with Gasteiger partial charge in [-0.05, 0) is 52.0 Å². The number of carbonyl (C=O) groups excluding carboxylic acids is 5. The van der Waals surface area contributed by atoms with E-state index in [0.717, 1.165) is 0 Å². The van der Waals surface area contributed by atoms with Crippen LogP contribution in [0, 0.1) is 0 Å². The van der Waals surface area contributed by atoms with Crippen LogP contribution in [0.1, 0.15) is 51.9 Å². The molecule has 18 heteroatoms. The number of aliphatic hydroxyl groups excluding tert-OH is 1. The van der Waals surface area contributed by atoms with Crippen LogP contribution in [0.3, 0.4) is 0 Å². The molecule has 16 N–H and O–H groups in total. The molecule has 41 heavy (non-hydrogen) atoms. The summed E-state index contributed by atoms with van der Waals surface area (Å²) < 4.78 is 0. The van der Waals surface area contributed by atoms with Gasteiger partial charge >= 0.3 is 5.97 Å². The van der Waals surface area contributed by atoms with Gasteiger partial charge in [0.05, 0.1) is 12.6 Å². The van der Waals surface area contributed by atoms with E-state index >= 15 is 0 Å². The molecule has 0 aromatic heterocycles. The second-order valence-corrected chi connectivity index (χ2v) is 9.30. The van der Waals surface area contributed by atoms with Crippen LogP contribution in [0.15, 0.2) is 4.99 Å². The number of amides is 5. The first-order valence-electron chi connectivity index (χ1n) is 13.1. The SMILES string of the molecule is C[C@@H](O)[C@H](N)C(=O)N[C@@H](CCCN=C(N)N)C(=O)NCC(=O)N[C@@H](CCC(N)=O)C(=O)N[C@@H](CCCCN)C(=O)O. The maximum Gasteiger partial charge on any atom is 0.326 e. The molecule has 0 saturated carbocycles. The minimum absolute atomic E-state index is 0.0485. The number of unbranched alkanes of at least 4 members (excludes halogenated alkanes) is 1. The summed E-state index contributed by atoms with van der Waals surface area (Å²) in [5.41, 5.74) is 26.7. The highest BCUT2D eigenvalue weighted by atomic mass is 16.4. The van der Waals surface area contributed by atoms with Crippen molar-refractivity contribution in [3.05, 3.63) is 0 Å². The van der Waals surface area contributed by atoms with Crippen LogP contribution in [0.5, 0.6) is 0 Å². The predicted molar refractivity (Wildman–Crippen MR) is 147 cm³/mol. The molecule has 0 aliphatic carbocycles. The van der Waals surface area contributed by atoms with Crippen LogP contribution < -0.4 is 49.9 Å². The first-order chi connectivity index (χ1) is 19.2. The van der Waals surface area contributed by atoms with E-state index in [9.17, 15) is 39.0 Å². The van der Waals surface area contributed by atoms with Crippen LogP contribution in [0.2, 0.25) is 0 Å². The van der Waals surface area contributed by atoms with E-state index in [1.807, 2.05) is 0 Å². The molecule has 0 aromatic rings. The second kappa shape index (κ2) is 19.9. The number of carboxylic acid groups (broad SMARTS) is 1. The predicted octanol–water partition coefficient (Wildman–Crippen LogP) is -5.20. The highest BCUT2D eigenvalue weighted by Gasteiger charge is 2.28. The number of aliphatic carboxylic acids is 1. The molecule has 0 spiro atoms. The van der Waals surface area contributed by atoms with Crippen molar-refractivity contribution < 1.29 is 39.0 Å². The van der Waals surface area contributed by atoms with Gasteiger partial charge in [0.25, 0.3) is 0 Å². The first-order valence-corrected chi connectivity index (χ1v) is 13.1. The fraction of sp³-hybridized carbons (Fsp3) is 0.696. The van der Waals surface area contributed by atoms with Gasteiger partial charge in [-0.3, -0.25) is 29.0 Å². The third kappa shape index (κ3) is 16.6. The summed E-state index contributed by atoms with van der Waals surface area (Å²) in [6, 6.07) is -5.07. The summed E-state index contributed by atoms with van der Waals surface area (Å²) in [5.74, 6) is -5.49. The fourth-order valence-corrected chi connectivity index (χ4v) is 3.37. The number of guanidine groups is 1. The molecule has 0 heterocycles. The van der Waals surface area contributed by atoms with E-state index in [2.05, 4.69) is 26.3 Å². The Kier molecular flexibility index (Phi) is 18.0. The molecule has 0 fully saturated rings. The highest BCUT2D eigenvalue weighted by Crippen LogP contribution is 2.05. The largest absolute Gasteiger partial charge is 0.480 e. The van der Waals surface area contributed by atoms with Crippen LogP contribution >= 0.6 is 0 Å². The average Bonchev–Trinajstić information content (AvgIpc) is 2.89. The van der Waals surface area contributed by atoms with E-state index in [-0.39, 0.29) is 44.6 Å². The summed E-state index contributed by atoms with van der Waals surface area (Å²) in [6.45, 7) is 1.15. The van der Waals surface area contributed by atoms with E-state index in [4.69, 9.17) is 28.7 Å². The summed E-state index contributed by atoms with van der Waals surface area (Å²) in [4.78, 5) is 77.0. The highest BCUT2D eigenvalue weighted by molar-refractivity contribution is 5.94. The second-order valence-electron chi connectivity index (χ2n) is 9.30. The molecule has 0 aromatic carbocycles. The molecule has 0 unspecified atom stereocenters. The lowest BCUT2D eigenvalue weighted by atomic mass is 10.1. The Morgan fingerprint density at radius 1 is 0.805 bits per heavy atom. The van der Waals surface area contributed by atoms with Gasteiger partial charge in [-0.1, -0.05) is 0 Å². The Morgan fingerprint density at radius 3 is 1.93 bits per heavy atom. The van der Waals surface area contributed by atoms with Crippen molar-refractivity contribution in [1.82, 2.24) is 21.3 Å². The Balaban J connectivity index is 5.36. The van der Waals surface area contributed by atoms with Crippen LogP contribution in [0.25, 0.3) is 0 Å². The number of hydrogen-bond donors (Lipinski definition) is 11. The van der Waals surface area contributed by atoms with Crippen molar-refractivity contribution in [2.45, 2.75) is 82.1 Å². The lowest BCUT2D eigenvalue weighted by molar-refractivity contribution is -0.142. The Bertz CT molecular complexity index is 926. The number of nitrogens with two attached hydrogens (primary N) is 5. The summed E-state index contributed by atoms with van der Waals surface area (Å²) in [7, 11) is 0. The van der Waals surface area contributed by atoms with E-state index in [1.54, 1.807) is 0 Å². The zero-order valence-corrected chi connectivity index (χ0v) is 23.1. The van der Waals surface area contributed by atoms with Crippen molar-refractivity contribution >= 4 is 41.5 Å². The van der Waals surface area contributed by atoms with Gasteiger partial charge in [0.1, 0.15) is 24.2 Å². The molecular weight excluding hydrogens is 544 g/mol. The summed E-state index contributed by atoms with van der Waals surface area (Å²) in [5, 5.41) is 28.4. The number of nitrogens with zero attached hydrogens (tertiary/aromatic N) is 1. The van der Waals surface area contributed by atoms with Crippen LogP contribution in [-0.4, -0.2) is 102 Å². The maximum atomic E-state index is 12.8. The maximum absolute atomic E-state index is 12.8. The Labute approximate surface area is 237 Å². The number of carboxylic acids is 1. The number of aliphatic imine (C=N–C) groups is 1. The Morgan fingerprint density at radius 2 is 1.39 bits per heavy atom. The molecule has 234 valence electrons. The number of primary amides is 1. The fourth-order valence-electron chi connectivity index (χ4n) is 3.37. The van der Waals surface area contributed by atoms with Crippen molar-refractivity contribution in [3.63, 3.8) is 0 Å². The first kappa shape index (κ1) is 37.0. The van der Waals surface area contributed by atoms with Gasteiger partial charge in [0, 0.05) is 13.0 Å². The van der Waals surface area contributed by atoms with Gasteiger partial charge in [-0.2, -0.15) is 0 Å². The lowest BCUT2D eigenvalue weighted by Crippen LogP contribution is -2.56. The van der Waals surface area contributed by atoms with Gasteiger partial charge in [0.2, 0.25) is 29.5 Å². The number of hydrogen-bond acceptors (Lipinski definition) is 10. The molecule has 5 atom stereocenters. The number of aliphatic hydroxyl groups is 1. The van der Waals surface area contributed by atoms with Gasteiger partial charge in [-0.25, -0.2) is 4.79 Å². The van der Waals surface area contributed by atoms with Gasteiger partial charge in [0.15, 0.2) is 5.96 Å². The molecule has 0 bridgehead atoms. The third-order valence-electron chi connectivity index (χ3n) is 5.72. The zero-order valence-electron chi connectivity index (χ0n) is 23.1. The minimum atomic E-state index is -1.33. The van der Waals surface area contributed by atoms with Crippen molar-refractivity contribution in [2.24, 2.45) is 33.7 Å². The normalized spacial score (nSPS) is 14.3. The summed E-state index contributed by atoms with van der Waals surface area (Å²) in [6.07, 6.45) is -0.327. The molecule has 0 radical (unpaired) electrons. The van der Waals surface area contributed by atoms with Gasteiger partial charge in [-0.15, -0.1) is 0 Å². The molecular formula is C23H44N10O8. The molecule has 5 amide bonds. The van der Waals surface area contributed by atoms with Crippen molar-refractivity contribution in [1.29, 1.82) is 0 Å². The molecule has 0 aliphatic heterocycles. The van der Waals surface area contributed by atoms with Crippen molar-refractivity contribution in [2.75, 3.05) is 19.6 Å². The number of nitrogens with one attached hydrogen (secondary N) is 4. The third-order valence-corrected chi connectivity index (χ3v) is 5.72. The molecule has 0 saturated heterocycles.